The second-order valence-electron chi connectivity index (χ2n) is 6.37. The average molecular weight is 504 g/mol. The van der Waals surface area contributed by atoms with E-state index in [0.717, 1.165) is 37.5 Å². The van der Waals surface area contributed by atoms with Gasteiger partial charge in [-0.25, -0.2) is 4.39 Å². The van der Waals surface area contributed by atoms with Gasteiger partial charge >= 0.3 is 0 Å². The summed E-state index contributed by atoms with van der Waals surface area (Å²) in [6.45, 7) is 2.30. The first-order valence-corrected chi connectivity index (χ1v) is 9.71. The van der Waals surface area contributed by atoms with Crippen LogP contribution in [0.15, 0.2) is 40.7 Å². The molecule has 3 rings (SSSR count). The molecule has 1 aromatic carbocycles. The summed E-state index contributed by atoms with van der Waals surface area (Å²) in [6.07, 6.45) is 2.12. The van der Waals surface area contributed by atoms with E-state index in [4.69, 9.17) is 0 Å². The number of guanidine groups is 1. The standard InChI is InChI=1S/C19H25FN4OS.HI/c1-21-19(22-12-14-4-5-17(20)15(11-14)13-25)23-16-6-8-24(9-7-16)18-3-2-10-26-18;/h2-5,10-11,16,25H,6-9,12-13H2,1H3,(H2,21,22,23);1H. The van der Waals surface area contributed by atoms with Gasteiger partial charge in [0.1, 0.15) is 5.82 Å². The van der Waals surface area contributed by atoms with Crippen molar-refractivity contribution in [2.24, 2.45) is 4.99 Å². The number of piperidine rings is 1. The quantitative estimate of drug-likeness (QED) is 0.332. The number of benzene rings is 1. The third-order valence-corrected chi connectivity index (χ3v) is 5.55. The lowest BCUT2D eigenvalue weighted by Crippen LogP contribution is -2.48. The molecule has 148 valence electrons. The summed E-state index contributed by atoms with van der Waals surface area (Å²) >= 11 is 1.78. The van der Waals surface area contributed by atoms with Gasteiger partial charge < -0.3 is 20.6 Å². The number of aliphatic hydroxyl groups is 1. The average Bonchev–Trinajstić information content (AvgIpc) is 3.21. The molecule has 0 saturated carbocycles. The van der Waals surface area contributed by atoms with Crippen molar-refractivity contribution < 1.29 is 9.50 Å². The molecule has 27 heavy (non-hydrogen) atoms. The number of thiophene rings is 1. The van der Waals surface area contributed by atoms with Gasteiger partial charge in [0, 0.05) is 38.3 Å². The molecule has 1 aliphatic heterocycles. The van der Waals surface area contributed by atoms with Crippen molar-refractivity contribution in [3.05, 3.63) is 52.7 Å². The number of anilines is 1. The molecule has 0 atom stereocenters. The summed E-state index contributed by atoms with van der Waals surface area (Å²) in [5.41, 5.74) is 1.22. The van der Waals surface area contributed by atoms with Gasteiger partial charge in [0.15, 0.2) is 5.96 Å². The summed E-state index contributed by atoms with van der Waals surface area (Å²) < 4.78 is 13.5. The SMILES string of the molecule is CN=C(NCc1ccc(F)c(CO)c1)NC1CCN(c2cccs2)CC1.I. The zero-order chi connectivity index (χ0) is 18.4. The fraction of sp³-hybridized carbons (Fsp3) is 0.421. The van der Waals surface area contributed by atoms with Crippen molar-refractivity contribution in [3.63, 3.8) is 0 Å². The fourth-order valence-electron chi connectivity index (χ4n) is 3.13. The summed E-state index contributed by atoms with van der Waals surface area (Å²) in [5, 5.41) is 19.4. The number of rotatable bonds is 5. The van der Waals surface area contributed by atoms with Crippen molar-refractivity contribution >= 4 is 46.3 Å². The normalized spacial score (nSPS) is 15.4. The highest BCUT2D eigenvalue weighted by atomic mass is 127. The smallest absolute Gasteiger partial charge is 0.191 e. The third-order valence-electron chi connectivity index (χ3n) is 4.62. The predicted octanol–water partition coefficient (Wildman–Crippen LogP) is 3.33. The number of hydrogen-bond donors (Lipinski definition) is 3. The molecule has 0 spiro atoms. The van der Waals surface area contributed by atoms with Crippen LogP contribution in [0.4, 0.5) is 9.39 Å². The van der Waals surface area contributed by atoms with Crippen LogP contribution in [0.2, 0.25) is 0 Å². The van der Waals surface area contributed by atoms with Gasteiger partial charge in [0.05, 0.1) is 11.6 Å². The molecule has 1 fully saturated rings. The highest BCUT2D eigenvalue weighted by molar-refractivity contribution is 14.0. The monoisotopic (exact) mass is 504 g/mol. The van der Waals surface area contributed by atoms with Crippen LogP contribution in [0.1, 0.15) is 24.0 Å². The highest BCUT2D eigenvalue weighted by Gasteiger charge is 2.20. The first kappa shape index (κ1) is 21.9. The van der Waals surface area contributed by atoms with Crippen LogP contribution in [0.25, 0.3) is 0 Å². The van der Waals surface area contributed by atoms with E-state index in [2.05, 4.69) is 38.0 Å². The topological polar surface area (TPSA) is 59.9 Å². The Morgan fingerprint density at radius 2 is 2.11 bits per heavy atom. The Morgan fingerprint density at radius 3 is 2.74 bits per heavy atom. The van der Waals surface area contributed by atoms with E-state index in [1.54, 1.807) is 30.5 Å². The van der Waals surface area contributed by atoms with Crippen molar-refractivity contribution in [1.29, 1.82) is 0 Å². The summed E-state index contributed by atoms with van der Waals surface area (Å²) in [6, 6.07) is 9.43. The van der Waals surface area contributed by atoms with Crippen molar-refractivity contribution in [3.8, 4) is 0 Å². The van der Waals surface area contributed by atoms with Gasteiger partial charge in [0.25, 0.3) is 0 Å². The molecule has 5 nitrogen and oxygen atoms in total. The molecule has 1 aliphatic rings. The molecule has 3 N–H and O–H groups in total. The first-order valence-electron chi connectivity index (χ1n) is 8.83. The molecular weight excluding hydrogens is 478 g/mol. The van der Waals surface area contributed by atoms with Gasteiger partial charge in [-0.3, -0.25) is 4.99 Å². The van der Waals surface area contributed by atoms with E-state index < -0.39 is 0 Å². The number of aliphatic hydroxyl groups excluding tert-OH is 1. The van der Waals surface area contributed by atoms with E-state index in [0.29, 0.717) is 18.2 Å². The van der Waals surface area contributed by atoms with Crippen molar-refractivity contribution in [1.82, 2.24) is 10.6 Å². The Balaban J connectivity index is 0.00000261. The fourth-order valence-corrected chi connectivity index (χ4v) is 3.91. The molecule has 0 radical (unpaired) electrons. The molecule has 0 bridgehead atoms. The molecular formula is C19H26FIN4OS. The molecule has 1 saturated heterocycles. The van der Waals surface area contributed by atoms with Crippen molar-refractivity contribution in [2.75, 3.05) is 25.0 Å². The molecule has 0 unspecified atom stereocenters. The lowest BCUT2D eigenvalue weighted by Gasteiger charge is -2.33. The molecule has 0 aliphatic carbocycles. The van der Waals surface area contributed by atoms with Crippen LogP contribution in [-0.2, 0) is 13.2 Å². The largest absolute Gasteiger partial charge is 0.392 e. The third kappa shape index (κ3) is 6.05. The Hall–Kier alpha value is -1.39. The van der Waals surface area contributed by atoms with E-state index in [9.17, 15) is 9.50 Å². The first-order chi connectivity index (χ1) is 12.7. The second kappa shape index (κ2) is 10.8. The number of nitrogens with one attached hydrogen (secondary N) is 2. The summed E-state index contributed by atoms with van der Waals surface area (Å²) in [7, 11) is 1.75. The van der Waals surface area contributed by atoms with E-state index in [-0.39, 0.29) is 36.4 Å². The van der Waals surface area contributed by atoms with Crippen LogP contribution in [0.5, 0.6) is 0 Å². The Bertz CT molecular complexity index is 733. The Morgan fingerprint density at radius 1 is 1.33 bits per heavy atom. The molecule has 2 aromatic rings. The van der Waals surface area contributed by atoms with Crippen LogP contribution in [-0.4, -0.2) is 37.2 Å². The molecule has 8 heteroatoms. The Labute approximate surface area is 180 Å². The van der Waals surface area contributed by atoms with Gasteiger partial charge in [-0.1, -0.05) is 6.07 Å². The summed E-state index contributed by atoms with van der Waals surface area (Å²) in [4.78, 5) is 6.71. The van der Waals surface area contributed by atoms with Gasteiger partial charge in [-0.15, -0.1) is 35.3 Å². The number of hydrogen-bond acceptors (Lipinski definition) is 4. The second-order valence-corrected chi connectivity index (χ2v) is 7.29. The van der Waals surface area contributed by atoms with Crippen LogP contribution >= 0.6 is 35.3 Å². The maximum Gasteiger partial charge on any atom is 0.191 e. The van der Waals surface area contributed by atoms with E-state index in [1.807, 2.05) is 0 Å². The molecule has 0 amide bonds. The zero-order valence-corrected chi connectivity index (χ0v) is 18.5. The summed E-state index contributed by atoms with van der Waals surface area (Å²) in [5.74, 6) is 0.366. The lowest BCUT2D eigenvalue weighted by molar-refractivity contribution is 0.275. The number of halogens is 2. The number of nitrogens with zero attached hydrogens (tertiary/aromatic N) is 2. The predicted molar refractivity (Wildman–Crippen MR) is 121 cm³/mol. The maximum atomic E-state index is 13.5. The minimum atomic E-state index is -0.378. The van der Waals surface area contributed by atoms with Crippen molar-refractivity contribution in [2.45, 2.75) is 32.0 Å². The van der Waals surface area contributed by atoms with Gasteiger partial charge in [-0.2, -0.15) is 0 Å². The van der Waals surface area contributed by atoms with Crippen LogP contribution in [0, 0.1) is 5.82 Å². The van der Waals surface area contributed by atoms with Gasteiger partial charge in [0.2, 0.25) is 0 Å². The minimum Gasteiger partial charge on any atom is -0.392 e. The molecule has 1 aromatic heterocycles. The lowest BCUT2D eigenvalue weighted by atomic mass is 10.1. The maximum absolute atomic E-state index is 13.5. The molecule has 2 heterocycles. The van der Waals surface area contributed by atoms with Crippen LogP contribution < -0.4 is 15.5 Å². The van der Waals surface area contributed by atoms with E-state index in [1.165, 1.54) is 11.1 Å². The highest BCUT2D eigenvalue weighted by Crippen LogP contribution is 2.24. The van der Waals surface area contributed by atoms with Crippen LogP contribution in [0.3, 0.4) is 0 Å². The Kier molecular flexibility index (Phi) is 8.78. The van der Waals surface area contributed by atoms with E-state index >= 15 is 0 Å². The zero-order valence-electron chi connectivity index (χ0n) is 15.3. The van der Waals surface area contributed by atoms with Gasteiger partial charge in [-0.05, 0) is 48.1 Å². The minimum absolute atomic E-state index is 0. The number of aliphatic imine (C=N–C) groups is 1.